The van der Waals surface area contributed by atoms with Gasteiger partial charge in [-0.05, 0) is 6.42 Å². The Morgan fingerprint density at radius 1 is 1.11 bits per heavy atom. The monoisotopic (exact) mass is 269 g/mol. The third-order valence-electron chi connectivity index (χ3n) is 3.02. The molecule has 0 aliphatic rings. The second-order valence-corrected chi connectivity index (χ2v) is 4.83. The van der Waals surface area contributed by atoms with Crippen molar-refractivity contribution in [3.05, 3.63) is 12.7 Å². The summed E-state index contributed by atoms with van der Waals surface area (Å²) < 4.78 is 0. The fourth-order valence-electron chi connectivity index (χ4n) is 1.97. The van der Waals surface area contributed by atoms with Gasteiger partial charge in [0.1, 0.15) is 6.54 Å². The molecule has 0 aliphatic heterocycles. The lowest BCUT2D eigenvalue weighted by Crippen LogP contribution is -2.35. The summed E-state index contributed by atoms with van der Waals surface area (Å²) in [6.07, 6.45) is 10.1. The Hall–Kier alpha value is -1.32. The van der Waals surface area contributed by atoms with Gasteiger partial charge in [-0.25, -0.2) is 0 Å². The van der Waals surface area contributed by atoms with Crippen molar-refractivity contribution in [1.82, 2.24) is 4.90 Å². The number of nitrogens with zero attached hydrogens (tertiary/aromatic N) is 1. The van der Waals surface area contributed by atoms with E-state index in [0.29, 0.717) is 13.0 Å². The van der Waals surface area contributed by atoms with Gasteiger partial charge in [-0.3, -0.25) is 9.59 Å². The summed E-state index contributed by atoms with van der Waals surface area (Å²) in [5.41, 5.74) is 0. The van der Waals surface area contributed by atoms with Gasteiger partial charge >= 0.3 is 5.97 Å². The third kappa shape index (κ3) is 10.3. The largest absolute Gasteiger partial charge is 0.480 e. The van der Waals surface area contributed by atoms with Crippen LogP contribution in [0.4, 0.5) is 0 Å². The minimum atomic E-state index is -0.977. The van der Waals surface area contributed by atoms with Gasteiger partial charge < -0.3 is 10.0 Å². The van der Waals surface area contributed by atoms with Gasteiger partial charge in [0, 0.05) is 13.0 Å². The number of rotatable bonds is 12. The van der Waals surface area contributed by atoms with Crippen LogP contribution in [0.3, 0.4) is 0 Å². The minimum Gasteiger partial charge on any atom is -0.480 e. The van der Waals surface area contributed by atoms with Crippen LogP contribution in [0.5, 0.6) is 0 Å². The molecular formula is C15H27NO3. The highest BCUT2D eigenvalue weighted by atomic mass is 16.4. The van der Waals surface area contributed by atoms with E-state index in [4.69, 9.17) is 5.11 Å². The molecule has 19 heavy (non-hydrogen) atoms. The molecule has 4 heteroatoms. The molecule has 0 saturated carbocycles. The lowest BCUT2D eigenvalue weighted by atomic mass is 10.1. The molecule has 0 spiro atoms. The fraction of sp³-hybridized carbons (Fsp3) is 0.733. The van der Waals surface area contributed by atoms with Crippen molar-refractivity contribution in [1.29, 1.82) is 0 Å². The Kier molecular flexibility index (Phi) is 10.9. The number of carboxylic acids is 1. The van der Waals surface area contributed by atoms with Crippen LogP contribution in [0.25, 0.3) is 0 Å². The predicted octanol–water partition coefficient (Wildman–Crippen LogP) is 3.23. The Bertz CT molecular complexity index is 277. The summed E-state index contributed by atoms with van der Waals surface area (Å²) in [7, 11) is 0. The molecule has 0 saturated heterocycles. The molecule has 0 heterocycles. The maximum absolute atomic E-state index is 11.8. The quantitative estimate of drug-likeness (QED) is 0.437. The van der Waals surface area contributed by atoms with E-state index in [1.165, 1.54) is 30.6 Å². The first-order valence-corrected chi connectivity index (χ1v) is 7.22. The first kappa shape index (κ1) is 17.7. The van der Waals surface area contributed by atoms with E-state index < -0.39 is 5.97 Å². The fourth-order valence-corrected chi connectivity index (χ4v) is 1.97. The van der Waals surface area contributed by atoms with Crippen LogP contribution in [0.1, 0.15) is 58.3 Å². The van der Waals surface area contributed by atoms with Crippen molar-refractivity contribution in [3.63, 3.8) is 0 Å². The molecule has 0 aliphatic carbocycles. The van der Waals surface area contributed by atoms with Crippen LogP contribution in [0, 0.1) is 0 Å². The Morgan fingerprint density at radius 2 is 1.68 bits per heavy atom. The SMILES string of the molecule is C=CCN(CC(=O)O)C(=O)CCCCCCCCC. The Balaban J connectivity index is 3.74. The zero-order valence-corrected chi connectivity index (χ0v) is 12.1. The molecule has 0 fully saturated rings. The molecule has 110 valence electrons. The van der Waals surface area contributed by atoms with Gasteiger partial charge in [0.25, 0.3) is 0 Å². The molecule has 0 aromatic rings. The zero-order valence-electron chi connectivity index (χ0n) is 12.1. The maximum atomic E-state index is 11.8. The molecule has 0 atom stereocenters. The molecule has 0 rings (SSSR count). The number of unbranched alkanes of at least 4 members (excludes halogenated alkanes) is 6. The molecule has 1 amide bonds. The normalized spacial score (nSPS) is 10.2. The topological polar surface area (TPSA) is 57.6 Å². The standard InChI is InChI=1S/C15H27NO3/c1-3-5-6-7-8-9-10-11-14(17)16(12-4-2)13-15(18)19/h4H,2-3,5-13H2,1H3,(H,18,19). The first-order chi connectivity index (χ1) is 9.11. The van der Waals surface area contributed by atoms with Crippen molar-refractivity contribution in [3.8, 4) is 0 Å². The van der Waals surface area contributed by atoms with Crippen molar-refractivity contribution in [2.75, 3.05) is 13.1 Å². The summed E-state index contributed by atoms with van der Waals surface area (Å²) >= 11 is 0. The molecular weight excluding hydrogens is 242 g/mol. The van der Waals surface area contributed by atoms with Crippen LogP contribution in [-0.4, -0.2) is 35.0 Å². The van der Waals surface area contributed by atoms with Gasteiger partial charge in [-0.2, -0.15) is 0 Å². The molecule has 0 radical (unpaired) electrons. The first-order valence-electron chi connectivity index (χ1n) is 7.22. The van der Waals surface area contributed by atoms with E-state index in [0.717, 1.165) is 19.3 Å². The van der Waals surface area contributed by atoms with E-state index >= 15 is 0 Å². The lowest BCUT2D eigenvalue weighted by Gasteiger charge is -2.18. The lowest BCUT2D eigenvalue weighted by molar-refractivity contribution is -0.144. The number of amides is 1. The van der Waals surface area contributed by atoms with Gasteiger partial charge in [-0.1, -0.05) is 51.5 Å². The van der Waals surface area contributed by atoms with Gasteiger partial charge in [0.05, 0.1) is 0 Å². The van der Waals surface area contributed by atoms with Gasteiger partial charge in [0.2, 0.25) is 5.91 Å². The summed E-state index contributed by atoms with van der Waals surface area (Å²) in [6, 6.07) is 0. The smallest absolute Gasteiger partial charge is 0.323 e. The molecule has 0 unspecified atom stereocenters. The van der Waals surface area contributed by atoms with Crippen LogP contribution < -0.4 is 0 Å². The number of carbonyl (C=O) groups is 2. The van der Waals surface area contributed by atoms with Crippen molar-refractivity contribution < 1.29 is 14.7 Å². The summed E-state index contributed by atoms with van der Waals surface area (Å²) in [4.78, 5) is 23.8. The van der Waals surface area contributed by atoms with Gasteiger partial charge in [0.15, 0.2) is 0 Å². The number of hydrogen-bond acceptors (Lipinski definition) is 2. The Morgan fingerprint density at radius 3 is 2.21 bits per heavy atom. The average Bonchev–Trinajstić information content (AvgIpc) is 2.36. The number of hydrogen-bond donors (Lipinski definition) is 1. The van der Waals surface area contributed by atoms with Crippen molar-refractivity contribution in [2.24, 2.45) is 0 Å². The third-order valence-corrected chi connectivity index (χ3v) is 3.02. The molecule has 1 N–H and O–H groups in total. The average molecular weight is 269 g/mol. The van der Waals surface area contributed by atoms with E-state index in [2.05, 4.69) is 13.5 Å². The molecule has 0 bridgehead atoms. The van der Waals surface area contributed by atoms with Crippen LogP contribution in [0.2, 0.25) is 0 Å². The number of carbonyl (C=O) groups excluding carboxylic acids is 1. The molecule has 0 aromatic carbocycles. The summed E-state index contributed by atoms with van der Waals surface area (Å²) in [5, 5.41) is 8.72. The van der Waals surface area contributed by atoms with Gasteiger partial charge in [-0.15, -0.1) is 6.58 Å². The maximum Gasteiger partial charge on any atom is 0.323 e. The van der Waals surface area contributed by atoms with Crippen molar-refractivity contribution in [2.45, 2.75) is 58.3 Å². The minimum absolute atomic E-state index is 0.0872. The van der Waals surface area contributed by atoms with Crippen LogP contribution >= 0.6 is 0 Å². The molecule has 4 nitrogen and oxygen atoms in total. The van der Waals surface area contributed by atoms with E-state index in [1.54, 1.807) is 6.08 Å². The summed E-state index contributed by atoms with van der Waals surface area (Å²) in [5.74, 6) is -1.06. The van der Waals surface area contributed by atoms with E-state index in [9.17, 15) is 9.59 Å². The van der Waals surface area contributed by atoms with Crippen LogP contribution in [-0.2, 0) is 9.59 Å². The highest BCUT2D eigenvalue weighted by Gasteiger charge is 2.14. The van der Waals surface area contributed by atoms with E-state index in [-0.39, 0.29) is 12.5 Å². The second-order valence-electron chi connectivity index (χ2n) is 4.83. The van der Waals surface area contributed by atoms with E-state index in [1.807, 2.05) is 0 Å². The van der Waals surface area contributed by atoms with Crippen molar-refractivity contribution >= 4 is 11.9 Å². The number of aliphatic carboxylic acids is 1. The molecule has 0 aromatic heterocycles. The predicted molar refractivity (Wildman–Crippen MR) is 77.0 cm³/mol. The second kappa shape index (κ2) is 11.8. The van der Waals surface area contributed by atoms with Crippen LogP contribution in [0.15, 0.2) is 12.7 Å². The highest BCUT2D eigenvalue weighted by Crippen LogP contribution is 2.09. The summed E-state index contributed by atoms with van der Waals surface area (Å²) in [6.45, 7) is 5.80. The Labute approximate surface area is 116 Å². The number of carboxylic acid groups (broad SMARTS) is 1. The zero-order chi connectivity index (χ0) is 14.5. The highest BCUT2D eigenvalue weighted by molar-refractivity contribution is 5.81.